The summed E-state index contributed by atoms with van der Waals surface area (Å²) >= 11 is 4.38. The van der Waals surface area contributed by atoms with Gasteiger partial charge in [0.1, 0.15) is 0 Å². The minimum Gasteiger partial charge on any atom is -0.267 e. The standard InChI is InChI=1S/C10H18N2OS2/c1-10(2,14)8-12-15(3,13)9-5-4-6-11-7-9/h4-7,14-15H,8H2,1-3H3,(H,12,13). The maximum atomic E-state index is 12.3. The number of hydrogen-bond acceptors (Lipinski definition) is 3. The van der Waals surface area contributed by atoms with Gasteiger partial charge in [0.05, 0.1) is 0 Å². The molecule has 1 aromatic rings. The molecule has 0 unspecified atom stereocenters. The van der Waals surface area contributed by atoms with E-state index < -0.39 is 10.1 Å². The highest BCUT2D eigenvalue weighted by Gasteiger charge is 2.16. The monoisotopic (exact) mass is 246 g/mol. The van der Waals surface area contributed by atoms with Gasteiger partial charge >= 0.3 is 0 Å². The Morgan fingerprint density at radius 1 is 1.60 bits per heavy atom. The van der Waals surface area contributed by atoms with E-state index in [1.807, 2.05) is 19.9 Å². The van der Waals surface area contributed by atoms with Crippen LogP contribution in [0.15, 0.2) is 29.4 Å². The lowest BCUT2D eigenvalue weighted by atomic mass is 10.2. The molecule has 0 bridgehead atoms. The highest BCUT2D eigenvalue weighted by Crippen LogP contribution is 2.15. The maximum Gasteiger partial charge on any atom is 0.0451 e. The van der Waals surface area contributed by atoms with Crippen molar-refractivity contribution in [2.75, 3.05) is 12.8 Å². The van der Waals surface area contributed by atoms with Gasteiger partial charge in [-0.2, -0.15) is 12.6 Å². The Morgan fingerprint density at radius 3 is 2.73 bits per heavy atom. The molecule has 0 aliphatic heterocycles. The van der Waals surface area contributed by atoms with Crippen molar-refractivity contribution in [3.63, 3.8) is 0 Å². The number of nitrogens with one attached hydrogen (secondary N) is 1. The second-order valence-electron chi connectivity index (χ2n) is 4.28. The molecular formula is C10H18N2OS2. The molecule has 15 heavy (non-hydrogen) atoms. The summed E-state index contributed by atoms with van der Waals surface area (Å²) in [4.78, 5) is 4.72. The molecule has 0 amide bonds. The van der Waals surface area contributed by atoms with E-state index in [9.17, 15) is 4.21 Å². The molecule has 1 aromatic heterocycles. The Hall–Kier alpha value is -0.390. The Morgan fingerprint density at radius 2 is 2.27 bits per heavy atom. The van der Waals surface area contributed by atoms with Gasteiger partial charge in [-0.15, -0.1) is 0 Å². The van der Waals surface area contributed by atoms with Crippen LogP contribution in [0.1, 0.15) is 13.8 Å². The average Bonchev–Trinajstić information content (AvgIpc) is 2.16. The molecule has 3 nitrogen and oxygen atoms in total. The van der Waals surface area contributed by atoms with Crippen molar-refractivity contribution in [3.05, 3.63) is 24.5 Å². The van der Waals surface area contributed by atoms with E-state index in [4.69, 9.17) is 0 Å². The zero-order chi connectivity index (χ0) is 11.5. The van der Waals surface area contributed by atoms with Crippen molar-refractivity contribution in [1.29, 1.82) is 0 Å². The average molecular weight is 246 g/mol. The van der Waals surface area contributed by atoms with E-state index in [1.165, 1.54) is 0 Å². The van der Waals surface area contributed by atoms with Gasteiger partial charge in [-0.25, -0.2) is 0 Å². The van der Waals surface area contributed by atoms with Gasteiger partial charge in [-0.1, -0.05) is 0 Å². The van der Waals surface area contributed by atoms with Crippen LogP contribution in [0.2, 0.25) is 0 Å². The number of aromatic nitrogens is 1. The fourth-order valence-corrected chi connectivity index (χ4v) is 2.78. The zero-order valence-electron chi connectivity index (χ0n) is 9.27. The SMILES string of the molecule is CC(C)(S)CN[SH](C)(=O)c1cccnc1. The number of pyridine rings is 1. The van der Waals surface area contributed by atoms with Crippen molar-refractivity contribution in [2.45, 2.75) is 23.5 Å². The quantitative estimate of drug-likeness (QED) is 0.701. The van der Waals surface area contributed by atoms with Crippen LogP contribution in [0, 0.1) is 0 Å². The maximum absolute atomic E-state index is 12.3. The normalized spacial score (nSPS) is 13.9. The lowest BCUT2D eigenvalue weighted by Gasteiger charge is -2.25. The first-order chi connectivity index (χ1) is 6.81. The van der Waals surface area contributed by atoms with E-state index in [-0.39, 0.29) is 4.75 Å². The first-order valence-electron chi connectivity index (χ1n) is 4.77. The van der Waals surface area contributed by atoms with Gasteiger partial charge in [-0.3, -0.25) is 13.9 Å². The predicted octanol–water partition coefficient (Wildman–Crippen LogP) is 1.30. The largest absolute Gasteiger partial charge is 0.267 e. The lowest BCUT2D eigenvalue weighted by Crippen LogP contribution is -2.38. The first-order valence-corrected chi connectivity index (χ1v) is 7.37. The van der Waals surface area contributed by atoms with Gasteiger partial charge < -0.3 is 0 Å². The highest BCUT2D eigenvalue weighted by molar-refractivity contribution is 8.00. The van der Waals surface area contributed by atoms with Gasteiger partial charge in [0, 0.05) is 34.8 Å². The minimum absolute atomic E-state index is 0.173. The summed E-state index contributed by atoms with van der Waals surface area (Å²) in [5.74, 6) is 0. The van der Waals surface area contributed by atoms with Crippen LogP contribution >= 0.6 is 12.6 Å². The second kappa shape index (κ2) is 4.63. The van der Waals surface area contributed by atoms with Crippen LogP contribution in [0.3, 0.4) is 0 Å². The topological polar surface area (TPSA) is 42.0 Å². The molecule has 5 heteroatoms. The van der Waals surface area contributed by atoms with E-state index in [0.29, 0.717) is 6.54 Å². The third-order valence-electron chi connectivity index (χ3n) is 1.95. The molecule has 0 spiro atoms. The first kappa shape index (κ1) is 12.7. The molecule has 0 saturated heterocycles. The summed E-state index contributed by atoms with van der Waals surface area (Å²) < 4.78 is 15.2. The molecule has 0 aliphatic carbocycles. The van der Waals surface area contributed by atoms with Crippen molar-refractivity contribution in [2.24, 2.45) is 0 Å². The molecule has 0 saturated carbocycles. The molecule has 1 heterocycles. The molecule has 0 radical (unpaired) electrons. The van der Waals surface area contributed by atoms with E-state index in [0.717, 1.165) is 4.90 Å². The Labute approximate surface area is 97.7 Å². The number of thiol groups is 2. The minimum atomic E-state index is -2.50. The molecule has 0 fully saturated rings. The van der Waals surface area contributed by atoms with Crippen molar-refractivity contribution < 1.29 is 4.21 Å². The molecule has 0 aliphatic rings. The summed E-state index contributed by atoms with van der Waals surface area (Å²) in [7, 11) is -2.50. The third kappa shape index (κ3) is 4.32. The number of rotatable bonds is 4. The number of hydrogen-bond donors (Lipinski definition) is 3. The summed E-state index contributed by atoms with van der Waals surface area (Å²) in [6.45, 7) is 4.55. The molecule has 0 aromatic carbocycles. The van der Waals surface area contributed by atoms with Crippen LogP contribution in [-0.4, -0.2) is 26.7 Å². The van der Waals surface area contributed by atoms with Crippen LogP contribution in [-0.2, 0) is 10.1 Å². The van der Waals surface area contributed by atoms with Crippen molar-refractivity contribution >= 4 is 22.7 Å². The van der Waals surface area contributed by atoms with Crippen molar-refractivity contribution in [3.8, 4) is 0 Å². The fourth-order valence-electron chi connectivity index (χ4n) is 1.04. The molecule has 86 valence electrons. The van der Waals surface area contributed by atoms with E-state index in [2.05, 4.69) is 22.3 Å². The Balaban J connectivity index is 2.73. The van der Waals surface area contributed by atoms with Gasteiger partial charge in [0.15, 0.2) is 0 Å². The fraction of sp³-hybridized carbons (Fsp3) is 0.500. The van der Waals surface area contributed by atoms with Gasteiger partial charge in [0.25, 0.3) is 0 Å². The zero-order valence-corrected chi connectivity index (χ0v) is 11.1. The van der Waals surface area contributed by atoms with Crippen LogP contribution in [0.5, 0.6) is 0 Å². The van der Waals surface area contributed by atoms with E-state index >= 15 is 0 Å². The number of nitrogens with zero attached hydrogens (tertiary/aromatic N) is 1. The van der Waals surface area contributed by atoms with Crippen LogP contribution < -0.4 is 4.72 Å². The molecule has 1 rings (SSSR count). The lowest BCUT2D eigenvalue weighted by molar-refractivity contribution is 0.639. The summed E-state index contributed by atoms with van der Waals surface area (Å²) in [6, 6.07) is 3.62. The summed E-state index contributed by atoms with van der Waals surface area (Å²) in [5, 5.41) is 0. The van der Waals surface area contributed by atoms with Crippen molar-refractivity contribution in [1.82, 2.24) is 9.71 Å². The predicted molar refractivity (Wildman–Crippen MR) is 69.0 cm³/mol. The Bertz CT molecular complexity index is 359. The Kier molecular flexibility index (Phi) is 3.92. The summed E-state index contributed by atoms with van der Waals surface area (Å²) in [6.07, 6.45) is 5.02. The third-order valence-corrected chi connectivity index (χ3v) is 4.12. The molecule has 0 atom stereocenters. The molecular weight excluding hydrogens is 228 g/mol. The second-order valence-corrected chi connectivity index (χ2v) is 8.17. The highest BCUT2D eigenvalue weighted by atomic mass is 32.3. The van der Waals surface area contributed by atoms with Crippen LogP contribution in [0.4, 0.5) is 0 Å². The van der Waals surface area contributed by atoms with Gasteiger partial charge in [0.2, 0.25) is 0 Å². The van der Waals surface area contributed by atoms with Crippen LogP contribution in [0.25, 0.3) is 0 Å². The van der Waals surface area contributed by atoms with E-state index in [1.54, 1.807) is 24.7 Å². The molecule has 1 N–H and O–H groups in total. The van der Waals surface area contributed by atoms with Gasteiger partial charge in [-0.05, 0) is 36.1 Å². The summed E-state index contributed by atoms with van der Waals surface area (Å²) in [5.41, 5.74) is 0. The smallest absolute Gasteiger partial charge is 0.0451 e.